The number of ether oxygens (including phenoxy) is 2. The van der Waals surface area contributed by atoms with Crippen LogP contribution in [0.25, 0.3) is 11.6 Å². The fourth-order valence-electron chi connectivity index (χ4n) is 2.73. The second-order valence-corrected chi connectivity index (χ2v) is 5.93. The van der Waals surface area contributed by atoms with Crippen molar-refractivity contribution in [2.24, 2.45) is 0 Å². The highest BCUT2D eigenvalue weighted by molar-refractivity contribution is 6.41. The number of halogens is 1. The summed E-state index contributed by atoms with van der Waals surface area (Å²) in [5.74, 6) is 0.673. The summed E-state index contributed by atoms with van der Waals surface area (Å²) in [6, 6.07) is 10.6. The van der Waals surface area contributed by atoms with E-state index in [9.17, 15) is 9.59 Å². The molecule has 6 heteroatoms. The summed E-state index contributed by atoms with van der Waals surface area (Å²) in [5.41, 5.74) is 2.22. The molecule has 0 saturated heterocycles. The first kappa shape index (κ1) is 15.5. The number of amides is 1. The second-order valence-electron chi connectivity index (χ2n) is 5.52. The van der Waals surface area contributed by atoms with Crippen LogP contribution in [0, 0.1) is 0 Å². The van der Waals surface area contributed by atoms with Gasteiger partial charge >= 0.3 is 0 Å². The van der Waals surface area contributed by atoms with Gasteiger partial charge in [-0.1, -0.05) is 29.8 Å². The lowest BCUT2D eigenvalue weighted by atomic mass is 10.1. The molecule has 2 aromatic rings. The molecule has 0 aliphatic carbocycles. The molecule has 0 unspecified atom stereocenters. The SMILES string of the molecule is O=C(/C=C/c1ccc2c(c1)OCO2)/C=C1/C(=O)Nc2cccc(Cl)c21. The van der Waals surface area contributed by atoms with Gasteiger partial charge in [-0.2, -0.15) is 0 Å². The lowest BCUT2D eigenvalue weighted by Gasteiger charge is -2.00. The number of ketones is 1. The largest absolute Gasteiger partial charge is 0.454 e. The summed E-state index contributed by atoms with van der Waals surface area (Å²) in [6.07, 6.45) is 4.34. The van der Waals surface area contributed by atoms with Gasteiger partial charge < -0.3 is 14.8 Å². The highest BCUT2D eigenvalue weighted by atomic mass is 35.5. The molecule has 0 saturated carbocycles. The van der Waals surface area contributed by atoms with Crippen LogP contribution in [0.1, 0.15) is 11.1 Å². The summed E-state index contributed by atoms with van der Waals surface area (Å²) < 4.78 is 10.5. The monoisotopic (exact) mass is 353 g/mol. The first-order chi connectivity index (χ1) is 12.1. The van der Waals surface area contributed by atoms with Crippen LogP contribution >= 0.6 is 11.6 Å². The van der Waals surface area contributed by atoms with Gasteiger partial charge in [0.15, 0.2) is 17.3 Å². The minimum atomic E-state index is -0.340. The number of nitrogens with one attached hydrogen (secondary N) is 1. The topological polar surface area (TPSA) is 64.6 Å². The predicted molar refractivity (Wildman–Crippen MR) is 94.7 cm³/mol. The van der Waals surface area contributed by atoms with E-state index < -0.39 is 0 Å². The van der Waals surface area contributed by atoms with E-state index in [1.165, 1.54) is 12.2 Å². The smallest absolute Gasteiger partial charge is 0.256 e. The molecule has 124 valence electrons. The molecule has 0 bridgehead atoms. The standard InChI is InChI=1S/C19H12ClNO4/c20-14-2-1-3-15-18(14)13(19(23)21-15)9-12(22)6-4-11-5-7-16-17(8-11)25-10-24-16/h1-9H,10H2,(H,21,23)/b6-4+,13-9+. The fraction of sp³-hybridized carbons (Fsp3) is 0.0526. The van der Waals surface area contributed by atoms with Crippen molar-refractivity contribution in [2.45, 2.75) is 0 Å². The minimum absolute atomic E-state index is 0.197. The van der Waals surface area contributed by atoms with Crippen molar-refractivity contribution < 1.29 is 19.1 Å². The number of hydrogen-bond donors (Lipinski definition) is 1. The molecular formula is C19H12ClNO4. The molecule has 0 aromatic heterocycles. The Hall–Kier alpha value is -3.05. The number of rotatable bonds is 3. The molecule has 0 fully saturated rings. The van der Waals surface area contributed by atoms with Crippen molar-refractivity contribution in [3.05, 3.63) is 64.7 Å². The maximum atomic E-state index is 12.2. The number of fused-ring (bicyclic) bond motifs is 2. The Labute approximate surface area is 148 Å². The van der Waals surface area contributed by atoms with Crippen LogP contribution in [0.3, 0.4) is 0 Å². The van der Waals surface area contributed by atoms with Gasteiger partial charge in [0, 0.05) is 5.56 Å². The van der Waals surface area contributed by atoms with Gasteiger partial charge in [0.25, 0.3) is 5.91 Å². The van der Waals surface area contributed by atoms with E-state index in [0.717, 1.165) is 5.56 Å². The van der Waals surface area contributed by atoms with E-state index >= 15 is 0 Å². The van der Waals surface area contributed by atoms with E-state index in [-0.39, 0.29) is 24.1 Å². The van der Waals surface area contributed by atoms with Gasteiger partial charge in [0.2, 0.25) is 6.79 Å². The third kappa shape index (κ3) is 2.90. The Morgan fingerprint density at radius 3 is 2.88 bits per heavy atom. The van der Waals surface area contributed by atoms with E-state index in [1.54, 1.807) is 36.4 Å². The average molecular weight is 354 g/mol. The summed E-state index contributed by atoms with van der Waals surface area (Å²) in [5, 5.41) is 3.12. The molecule has 2 aliphatic heterocycles. The maximum Gasteiger partial charge on any atom is 0.256 e. The Morgan fingerprint density at radius 2 is 2.00 bits per heavy atom. The van der Waals surface area contributed by atoms with Gasteiger partial charge in [-0.05, 0) is 42.0 Å². The van der Waals surface area contributed by atoms with Crippen LogP contribution in [-0.4, -0.2) is 18.5 Å². The van der Waals surface area contributed by atoms with Crippen molar-refractivity contribution in [2.75, 3.05) is 12.1 Å². The summed E-state index contributed by atoms with van der Waals surface area (Å²) in [7, 11) is 0. The van der Waals surface area contributed by atoms with Crippen LogP contribution in [-0.2, 0) is 9.59 Å². The molecule has 0 radical (unpaired) electrons. The zero-order valence-corrected chi connectivity index (χ0v) is 13.7. The van der Waals surface area contributed by atoms with E-state index in [0.29, 0.717) is 27.8 Å². The van der Waals surface area contributed by atoms with Gasteiger partial charge in [-0.25, -0.2) is 0 Å². The number of anilines is 1. The number of carbonyl (C=O) groups is 2. The van der Waals surface area contributed by atoms with Crippen LogP contribution in [0.2, 0.25) is 5.02 Å². The molecule has 2 aromatic carbocycles. The summed E-state index contributed by atoms with van der Waals surface area (Å²) >= 11 is 6.15. The quantitative estimate of drug-likeness (QED) is 0.855. The number of benzene rings is 2. The molecule has 0 spiro atoms. The molecule has 5 nitrogen and oxygen atoms in total. The first-order valence-corrected chi connectivity index (χ1v) is 7.93. The van der Waals surface area contributed by atoms with Crippen molar-refractivity contribution in [3.8, 4) is 11.5 Å². The lowest BCUT2D eigenvalue weighted by Crippen LogP contribution is -2.05. The lowest BCUT2D eigenvalue weighted by molar-refractivity contribution is -0.112. The van der Waals surface area contributed by atoms with Crippen molar-refractivity contribution in [1.29, 1.82) is 0 Å². The molecule has 1 N–H and O–H groups in total. The highest BCUT2D eigenvalue weighted by Gasteiger charge is 2.26. The van der Waals surface area contributed by atoms with Crippen molar-refractivity contribution >= 4 is 40.6 Å². The second kappa shape index (κ2) is 6.11. The predicted octanol–water partition coefficient (Wildman–Crippen LogP) is 3.69. The van der Waals surface area contributed by atoms with E-state index in [1.807, 2.05) is 6.07 Å². The van der Waals surface area contributed by atoms with Crippen LogP contribution in [0.15, 0.2) is 48.6 Å². The van der Waals surface area contributed by atoms with Gasteiger partial charge in [-0.3, -0.25) is 9.59 Å². The van der Waals surface area contributed by atoms with E-state index in [2.05, 4.69) is 5.32 Å². The van der Waals surface area contributed by atoms with Crippen molar-refractivity contribution in [1.82, 2.24) is 0 Å². The van der Waals surface area contributed by atoms with Gasteiger partial charge in [0.05, 0.1) is 16.3 Å². The molecule has 25 heavy (non-hydrogen) atoms. The number of carbonyl (C=O) groups excluding carboxylic acids is 2. The maximum absolute atomic E-state index is 12.2. The molecule has 1 amide bonds. The van der Waals surface area contributed by atoms with Crippen LogP contribution in [0.4, 0.5) is 5.69 Å². The number of allylic oxidation sites excluding steroid dienone is 2. The normalized spacial score (nSPS) is 16.4. The third-order valence-electron chi connectivity index (χ3n) is 3.90. The molecular weight excluding hydrogens is 342 g/mol. The number of hydrogen-bond acceptors (Lipinski definition) is 4. The summed E-state index contributed by atoms with van der Waals surface area (Å²) in [6.45, 7) is 0.197. The third-order valence-corrected chi connectivity index (χ3v) is 4.21. The molecule has 2 aliphatic rings. The van der Waals surface area contributed by atoms with E-state index in [4.69, 9.17) is 21.1 Å². The molecule has 4 rings (SSSR count). The summed E-state index contributed by atoms with van der Waals surface area (Å²) in [4.78, 5) is 24.3. The zero-order valence-electron chi connectivity index (χ0n) is 12.9. The average Bonchev–Trinajstić information content (AvgIpc) is 3.18. The van der Waals surface area contributed by atoms with Crippen LogP contribution < -0.4 is 14.8 Å². The molecule has 2 heterocycles. The van der Waals surface area contributed by atoms with Gasteiger partial charge in [-0.15, -0.1) is 0 Å². The first-order valence-electron chi connectivity index (χ1n) is 7.55. The Kier molecular flexibility index (Phi) is 3.78. The Balaban J connectivity index is 1.58. The Morgan fingerprint density at radius 1 is 1.16 bits per heavy atom. The Bertz CT molecular complexity index is 962. The zero-order chi connectivity index (χ0) is 17.4. The highest BCUT2D eigenvalue weighted by Crippen LogP contribution is 2.37. The fourth-order valence-corrected chi connectivity index (χ4v) is 3.00. The van der Waals surface area contributed by atoms with Crippen LogP contribution in [0.5, 0.6) is 11.5 Å². The minimum Gasteiger partial charge on any atom is -0.454 e. The van der Waals surface area contributed by atoms with Gasteiger partial charge in [0.1, 0.15) is 0 Å². The van der Waals surface area contributed by atoms with Crippen molar-refractivity contribution in [3.63, 3.8) is 0 Å². The molecule has 0 atom stereocenters.